The monoisotopic (exact) mass is 444 g/mol. The minimum absolute atomic E-state index is 0.0839. The zero-order valence-corrected chi connectivity index (χ0v) is 17.8. The van der Waals surface area contributed by atoms with Crippen LogP contribution in [-0.4, -0.2) is 39.3 Å². The van der Waals surface area contributed by atoms with Gasteiger partial charge in [0.2, 0.25) is 5.95 Å². The maximum atomic E-state index is 13.6. The summed E-state index contributed by atoms with van der Waals surface area (Å²) in [5, 5.41) is 21.7. The summed E-state index contributed by atoms with van der Waals surface area (Å²) in [6, 6.07) is 15.4. The number of hydrogen-bond donors (Lipinski definition) is 4. The zero-order valence-electron chi connectivity index (χ0n) is 17.8. The molecule has 4 N–H and O–H groups in total. The fraction of sp³-hybridized carbons (Fsp3) is 0.125. The van der Waals surface area contributed by atoms with Crippen LogP contribution in [0.2, 0.25) is 0 Å². The number of methoxy groups -OCH3 is 1. The van der Waals surface area contributed by atoms with Gasteiger partial charge in [-0.1, -0.05) is 24.3 Å². The molecule has 3 aromatic carbocycles. The molecule has 1 aromatic heterocycles. The summed E-state index contributed by atoms with van der Waals surface area (Å²) in [6.45, 7) is 1.91. The minimum atomic E-state index is -1.22. The van der Waals surface area contributed by atoms with Crippen LogP contribution < -0.4 is 15.0 Å². The van der Waals surface area contributed by atoms with Crippen LogP contribution in [0.5, 0.6) is 11.5 Å². The summed E-state index contributed by atoms with van der Waals surface area (Å²) in [5.41, 5.74) is 4.40. The molecule has 0 fully saturated rings. The van der Waals surface area contributed by atoms with Gasteiger partial charge < -0.3 is 19.9 Å². The number of ether oxygens (including phenoxy) is 1. The molecule has 1 unspecified atom stereocenters. The van der Waals surface area contributed by atoms with E-state index in [9.17, 15) is 14.7 Å². The number of carbonyl (C=O) groups excluding carboxylic acids is 1. The number of phenolic OH excluding ortho intramolecular Hbond substituents is 1. The van der Waals surface area contributed by atoms with Gasteiger partial charge in [-0.25, -0.2) is 9.78 Å². The standard InChI is InChI=1S/C24H20N4O5/c1-12-6-8-14(33-2)11-18(12)28-21(15-4-3-5-19(29)20(15)22(28)30)13-7-9-16-17(10-13)26-23(25-16)27-24(31)32/h3-11,21,29H,1-2H3,(H,31,32)(H2,25,26,27). The number of benzene rings is 3. The summed E-state index contributed by atoms with van der Waals surface area (Å²) in [7, 11) is 1.56. The molecule has 33 heavy (non-hydrogen) atoms. The molecule has 9 heteroatoms. The molecular formula is C24H20N4O5. The van der Waals surface area contributed by atoms with E-state index >= 15 is 0 Å². The molecule has 1 aliphatic rings. The summed E-state index contributed by atoms with van der Waals surface area (Å²) < 4.78 is 5.38. The van der Waals surface area contributed by atoms with Gasteiger partial charge in [0, 0.05) is 6.07 Å². The van der Waals surface area contributed by atoms with E-state index in [1.165, 1.54) is 6.07 Å². The molecule has 0 radical (unpaired) electrons. The number of aryl methyl sites for hydroxylation is 1. The van der Waals surface area contributed by atoms with Crippen molar-refractivity contribution in [2.75, 3.05) is 17.3 Å². The Morgan fingerprint density at radius 3 is 2.76 bits per heavy atom. The van der Waals surface area contributed by atoms with E-state index < -0.39 is 12.1 Å². The van der Waals surface area contributed by atoms with Crippen molar-refractivity contribution < 1.29 is 24.5 Å². The molecule has 166 valence electrons. The highest BCUT2D eigenvalue weighted by atomic mass is 16.5. The molecule has 1 aliphatic heterocycles. The van der Waals surface area contributed by atoms with Crippen LogP contribution in [0.25, 0.3) is 11.0 Å². The number of hydrogen-bond acceptors (Lipinski definition) is 5. The van der Waals surface area contributed by atoms with Gasteiger partial charge in [0.25, 0.3) is 5.91 Å². The second-order valence-electron chi connectivity index (χ2n) is 7.76. The van der Waals surface area contributed by atoms with Gasteiger partial charge in [-0.3, -0.25) is 15.0 Å². The number of aromatic amines is 1. The number of nitrogens with zero attached hydrogens (tertiary/aromatic N) is 2. The lowest BCUT2D eigenvalue weighted by Crippen LogP contribution is -2.29. The number of rotatable bonds is 4. The fourth-order valence-corrected chi connectivity index (χ4v) is 4.30. The lowest BCUT2D eigenvalue weighted by atomic mass is 9.96. The number of fused-ring (bicyclic) bond motifs is 2. The maximum Gasteiger partial charge on any atom is 0.411 e. The van der Waals surface area contributed by atoms with Crippen LogP contribution in [0.1, 0.15) is 33.1 Å². The second-order valence-corrected chi connectivity index (χ2v) is 7.76. The number of carboxylic acid groups (broad SMARTS) is 1. The Bertz CT molecular complexity index is 1430. The van der Waals surface area contributed by atoms with Crippen molar-refractivity contribution in [3.05, 3.63) is 76.9 Å². The molecule has 5 rings (SSSR count). The van der Waals surface area contributed by atoms with Gasteiger partial charge in [-0.05, 0) is 47.9 Å². The van der Waals surface area contributed by atoms with Crippen molar-refractivity contribution in [3.63, 3.8) is 0 Å². The Kier molecular flexibility index (Phi) is 4.67. The molecule has 1 atom stereocenters. The minimum Gasteiger partial charge on any atom is -0.507 e. The highest BCUT2D eigenvalue weighted by Crippen LogP contribution is 2.46. The number of aromatic nitrogens is 2. The summed E-state index contributed by atoms with van der Waals surface area (Å²) >= 11 is 0. The van der Waals surface area contributed by atoms with Gasteiger partial charge >= 0.3 is 6.09 Å². The third-order valence-electron chi connectivity index (χ3n) is 5.78. The van der Waals surface area contributed by atoms with Crippen molar-refractivity contribution in [3.8, 4) is 11.5 Å². The van der Waals surface area contributed by atoms with Gasteiger partial charge in [0.05, 0.1) is 35.4 Å². The van der Waals surface area contributed by atoms with Crippen LogP contribution in [0.15, 0.2) is 54.6 Å². The van der Waals surface area contributed by atoms with Gasteiger partial charge in [-0.15, -0.1) is 0 Å². The van der Waals surface area contributed by atoms with Crippen molar-refractivity contribution >= 4 is 34.7 Å². The number of nitrogens with one attached hydrogen (secondary N) is 2. The third-order valence-corrected chi connectivity index (χ3v) is 5.78. The fourth-order valence-electron chi connectivity index (χ4n) is 4.30. The lowest BCUT2D eigenvalue weighted by molar-refractivity contribution is 0.0991. The SMILES string of the molecule is COc1ccc(C)c(N2C(=O)c3c(O)cccc3C2c2ccc3[nH]c(NC(=O)O)nc3c2)c1. The first-order valence-corrected chi connectivity index (χ1v) is 10.2. The Labute approximate surface area is 188 Å². The highest BCUT2D eigenvalue weighted by Gasteiger charge is 2.41. The van der Waals surface area contributed by atoms with Crippen LogP contribution in [0, 0.1) is 6.92 Å². The average Bonchev–Trinajstić information content (AvgIpc) is 3.31. The zero-order chi connectivity index (χ0) is 23.3. The summed E-state index contributed by atoms with van der Waals surface area (Å²) in [6.07, 6.45) is -1.22. The van der Waals surface area contributed by atoms with Gasteiger partial charge in [0.1, 0.15) is 11.5 Å². The summed E-state index contributed by atoms with van der Waals surface area (Å²) in [5.74, 6) is 0.310. The van der Waals surface area contributed by atoms with Crippen LogP contribution >= 0.6 is 0 Å². The van der Waals surface area contributed by atoms with E-state index in [0.717, 1.165) is 11.1 Å². The van der Waals surface area contributed by atoms with Gasteiger partial charge in [0.15, 0.2) is 0 Å². The first-order valence-electron chi connectivity index (χ1n) is 10.2. The normalized spacial score (nSPS) is 15.0. The van der Waals surface area contributed by atoms with E-state index in [1.54, 1.807) is 36.3 Å². The number of amides is 2. The largest absolute Gasteiger partial charge is 0.507 e. The topological polar surface area (TPSA) is 128 Å². The molecular weight excluding hydrogens is 424 g/mol. The van der Waals surface area contributed by atoms with Crippen LogP contribution in [0.3, 0.4) is 0 Å². The Hall–Kier alpha value is -4.53. The predicted molar refractivity (Wildman–Crippen MR) is 122 cm³/mol. The van der Waals surface area contributed by atoms with E-state index in [0.29, 0.717) is 28.0 Å². The van der Waals surface area contributed by atoms with E-state index in [2.05, 4.69) is 15.3 Å². The average molecular weight is 444 g/mol. The first-order chi connectivity index (χ1) is 15.9. The molecule has 2 heterocycles. The van der Waals surface area contributed by atoms with E-state index in [4.69, 9.17) is 9.84 Å². The quantitative estimate of drug-likeness (QED) is 0.369. The van der Waals surface area contributed by atoms with Crippen molar-refractivity contribution in [1.29, 1.82) is 0 Å². The predicted octanol–water partition coefficient (Wildman–Crippen LogP) is 4.43. The van der Waals surface area contributed by atoms with E-state index in [1.807, 2.05) is 31.2 Å². The number of carbonyl (C=O) groups is 2. The number of anilines is 2. The maximum absolute atomic E-state index is 13.6. The van der Waals surface area contributed by atoms with E-state index in [-0.39, 0.29) is 23.2 Å². The van der Waals surface area contributed by atoms with Crippen LogP contribution in [0.4, 0.5) is 16.4 Å². The molecule has 0 spiro atoms. The van der Waals surface area contributed by atoms with Crippen molar-refractivity contribution in [1.82, 2.24) is 9.97 Å². The highest BCUT2D eigenvalue weighted by molar-refractivity contribution is 6.13. The molecule has 0 saturated carbocycles. The second kappa shape index (κ2) is 7.56. The van der Waals surface area contributed by atoms with Crippen molar-refractivity contribution in [2.24, 2.45) is 0 Å². The van der Waals surface area contributed by atoms with Crippen molar-refractivity contribution in [2.45, 2.75) is 13.0 Å². The number of H-pyrrole nitrogens is 1. The Morgan fingerprint density at radius 2 is 2.00 bits per heavy atom. The molecule has 4 aromatic rings. The molecule has 2 amide bonds. The number of imidazole rings is 1. The van der Waals surface area contributed by atoms with Gasteiger partial charge in [-0.2, -0.15) is 0 Å². The number of phenols is 1. The summed E-state index contributed by atoms with van der Waals surface area (Å²) in [4.78, 5) is 33.4. The third kappa shape index (κ3) is 3.30. The first kappa shape index (κ1) is 20.4. The Balaban J connectivity index is 1.70. The Morgan fingerprint density at radius 1 is 1.18 bits per heavy atom. The smallest absolute Gasteiger partial charge is 0.411 e. The molecule has 0 bridgehead atoms. The molecule has 0 saturated heterocycles. The van der Waals surface area contributed by atoms with Crippen LogP contribution in [-0.2, 0) is 0 Å². The lowest BCUT2D eigenvalue weighted by Gasteiger charge is -2.27. The number of aromatic hydroxyl groups is 1. The molecule has 9 nitrogen and oxygen atoms in total. The molecule has 0 aliphatic carbocycles.